The van der Waals surface area contributed by atoms with Crippen molar-refractivity contribution in [2.45, 2.75) is 37.2 Å². The van der Waals surface area contributed by atoms with Crippen LogP contribution in [0.3, 0.4) is 0 Å². The summed E-state index contributed by atoms with van der Waals surface area (Å²) in [5.74, 6) is 0.852. The summed E-state index contributed by atoms with van der Waals surface area (Å²) in [6.45, 7) is 3.29. The third-order valence-electron chi connectivity index (χ3n) is 4.82. The number of amides is 2. The second kappa shape index (κ2) is 9.75. The smallest absolute Gasteiger partial charge is 0.256 e. The molecule has 28 heavy (non-hydrogen) atoms. The van der Waals surface area contributed by atoms with Crippen LogP contribution in [0.25, 0.3) is 0 Å². The topological polar surface area (TPSA) is 69.6 Å². The Hall–Kier alpha value is -2.31. The summed E-state index contributed by atoms with van der Waals surface area (Å²) in [4.78, 5) is 27.8. The number of carbonyl (C=O) groups is 2. The van der Waals surface area contributed by atoms with Crippen LogP contribution in [0.2, 0.25) is 0 Å². The minimum Gasteiger partial charge on any atom is -0.393 e. The molecular weight excluding hydrogens is 372 g/mol. The number of piperidine rings is 1. The zero-order chi connectivity index (χ0) is 19.9. The number of aliphatic hydroxyl groups is 1. The van der Waals surface area contributed by atoms with Crippen LogP contribution < -0.4 is 5.32 Å². The molecule has 148 valence electrons. The van der Waals surface area contributed by atoms with Gasteiger partial charge in [-0.05, 0) is 48.4 Å². The van der Waals surface area contributed by atoms with E-state index in [9.17, 15) is 14.7 Å². The lowest BCUT2D eigenvalue weighted by atomic mass is 10.1. The second-order valence-electron chi connectivity index (χ2n) is 6.87. The van der Waals surface area contributed by atoms with E-state index in [4.69, 9.17) is 0 Å². The Labute approximate surface area is 170 Å². The normalized spacial score (nSPS) is 14.7. The van der Waals surface area contributed by atoms with Crippen LogP contribution in [0.15, 0.2) is 53.4 Å². The number of thioether (sulfide) groups is 1. The highest BCUT2D eigenvalue weighted by atomic mass is 32.2. The summed E-state index contributed by atoms with van der Waals surface area (Å²) < 4.78 is 0. The molecule has 2 amide bonds. The van der Waals surface area contributed by atoms with Crippen LogP contribution >= 0.6 is 11.8 Å². The average Bonchev–Trinajstić information content (AvgIpc) is 2.70. The standard InChI is InChI=1S/C22H26N2O3S/c1-2-28-20-6-4-3-5-19(20)22(27)23-17-9-7-16(8-10-17)15-21(26)24-13-11-18(25)12-14-24/h3-10,18,25H,2,11-15H2,1H3,(H,23,27). The van der Waals surface area contributed by atoms with Gasteiger partial charge in [-0.1, -0.05) is 31.2 Å². The highest BCUT2D eigenvalue weighted by Crippen LogP contribution is 2.23. The first kappa shape index (κ1) is 20.4. The van der Waals surface area contributed by atoms with Gasteiger partial charge in [0.05, 0.1) is 18.1 Å². The summed E-state index contributed by atoms with van der Waals surface area (Å²) >= 11 is 1.65. The molecule has 1 heterocycles. The predicted octanol–water partition coefficient (Wildman–Crippen LogP) is 3.58. The molecule has 2 N–H and O–H groups in total. The number of benzene rings is 2. The van der Waals surface area contributed by atoms with E-state index < -0.39 is 0 Å². The molecule has 0 radical (unpaired) electrons. The maximum Gasteiger partial charge on any atom is 0.256 e. The zero-order valence-electron chi connectivity index (χ0n) is 16.1. The molecule has 0 aromatic heterocycles. The van der Waals surface area contributed by atoms with Gasteiger partial charge in [-0.15, -0.1) is 11.8 Å². The lowest BCUT2D eigenvalue weighted by Gasteiger charge is -2.29. The van der Waals surface area contributed by atoms with Crippen LogP contribution in [-0.2, 0) is 11.2 Å². The molecular formula is C22H26N2O3S. The van der Waals surface area contributed by atoms with Gasteiger partial charge in [0.1, 0.15) is 0 Å². The maximum absolute atomic E-state index is 12.6. The molecule has 6 heteroatoms. The van der Waals surface area contributed by atoms with E-state index in [1.807, 2.05) is 53.4 Å². The predicted molar refractivity (Wildman–Crippen MR) is 113 cm³/mol. The summed E-state index contributed by atoms with van der Waals surface area (Å²) in [7, 11) is 0. The van der Waals surface area contributed by atoms with Crippen molar-refractivity contribution in [3.8, 4) is 0 Å². The molecule has 1 aliphatic heterocycles. The van der Waals surface area contributed by atoms with Gasteiger partial charge in [0.25, 0.3) is 5.91 Å². The summed E-state index contributed by atoms with van der Waals surface area (Å²) in [6, 6.07) is 15.0. The van der Waals surface area contributed by atoms with Crippen LogP contribution in [0.5, 0.6) is 0 Å². The van der Waals surface area contributed by atoms with E-state index in [1.54, 1.807) is 11.8 Å². The van der Waals surface area contributed by atoms with Crippen LogP contribution in [0, 0.1) is 0 Å². The van der Waals surface area contributed by atoms with Crippen molar-refractivity contribution in [2.75, 3.05) is 24.2 Å². The van der Waals surface area contributed by atoms with Crippen LogP contribution in [0.4, 0.5) is 5.69 Å². The molecule has 1 fully saturated rings. The van der Waals surface area contributed by atoms with Crippen molar-refractivity contribution in [1.82, 2.24) is 4.90 Å². The first-order valence-electron chi connectivity index (χ1n) is 9.64. The SMILES string of the molecule is CCSc1ccccc1C(=O)Nc1ccc(CC(=O)N2CCC(O)CC2)cc1. The first-order chi connectivity index (χ1) is 13.6. The lowest BCUT2D eigenvalue weighted by Crippen LogP contribution is -2.40. The molecule has 2 aromatic carbocycles. The van der Waals surface area contributed by atoms with E-state index in [-0.39, 0.29) is 17.9 Å². The summed E-state index contributed by atoms with van der Waals surface area (Å²) in [5, 5.41) is 12.5. The van der Waals surface area contributed by atoms with Gasteiger partial charge in [-0.2, -0.15) is 0 Å². The summed E-state index contributed by atoms with van der Waals surface area (Å²) in [5.41, 5.74) is 2.29. The van der Waals surface area contributed by atoms with E-state index in [0.717, 1.165) is 16.2 Å². The number of aliphatic hydroxyl groups excluding tert-OH is 1. The first-order valence-corrected chi connectivity index (χ1v) is 10.6. The second-order valence-corrected chi connectivity index (χ2v) is 8.17. The number of rotatable bonds is 6. The molecule has 0 spiro atoms. The number of nitrogens with zero attached hydrogens (tertiary/aromatic N) is 1. The maximum atomic E-state index is 12.6. The number of nitrogens with one attached hydrogen (secondary N) is 1. The number of hydrogen-bond donors (Lipinski definition) is 2. The Morgan fingerprint density at radius 2 is 1.79 bits per heavy atom. The molecule has 3 rings (SSSR count). The van der Waals surface area contributed by atoms with Crippen molar-refractivity contribution in [1.29, 1.82) is 0 Å². The van der Waals surface area contributed by atoms with Crippen LogP contribution in [0.1, 0.15) is 35.7 Å². The van der Waals surface area contributed by atoms with Gasteiger partial charge < -0.3 is 15.3 Å². The van der Waals surface area contributed by atoms with Crippen molar-refractivity contribution >= 4 is 29.3 Å². The molecule has 0 saturated carbocycles. The number of carbonyl (C=O) groups excluding carboxylic acids is 2. The van der Waals surface area contributed by atoms with Crippen molar-refractivity contribution in [3.63, 3.8) is 0 Å². The number of anilines is 1. The molecule has 0 aliphatic carbocycles. The van der Waals surface area contributed by atoms with Gasteiger partial charge in [-0.3, -0.25) is 9.59 Å². The fourth-order valence-electron chi connectivity index (χ4n) is 3.24. The summed E-state index contributed by atoms with van der Waals surface area (Å²) in [6.07, 6.45) is 1.34. The Morgan fingerprint density at radius 3 is 2.46 bits per heavy atom. The van der Waals surface area contributed by atoms with Crippen molar-refractivity contribution in [2.24, 2.45) is 0 Å². The molecule has 1 saturated heterocycles. The Balaban J connectivity index is 1.58. The molecule has 2 aromatic rings. The zero-order valence-corrected chi connectivity index (χ0v) is 16.9. The number of likely N-dealkylation sites (tertiary alicyclic amines) is 1. The Morgan fingerprint density at radius 1 is 1.11 bits per heavy atom. The van der Waals surface area contributed by atoms with Gasteiger partial charge in [0.2, 0.25) is 5.91 Å². The lowest BCUT2D eigenvalue weighted by molar-refractivity contribution is -0.132. The third kappa shape index (κ3) is 5.36. The third-order valence-corrected chi connectivity index (χ3v) is 5.77. The monoisotopic (exact) mass is 398 g/mol. The fourth-order valence-corrected chi connectivity index (χ4v) is 4.04. The largest absolute Gasteiger partial charge is 0.393 e. The average molecular weight is 399 g/mol. The highest BCUT2D eigenvalue weighted by Gasteiger charge is 2.21. The van der Waals surface area contributed by atoms with Crippen molar-refractivity contribution < 1.29 is 14.7 Å². The fraction of sp³-hybridized carbons (Fsp3) is 0.364. The minimum atomic E-state index is -0.284. The Bertz CT molecular complexity index is 815. The number of hydrogen-bond acceptors (Lipinski definition) is 4. The van der Waals surface area contributed by atoms with Gasteiger partial charge in [0, 0.05) is 23.7 Å². The van der Waals surface area contributed by atoms with Gasteiger partial charge in [0.15, 0.2) is 0 Å². The molecule has 5 nitrogen and oxygen atoms in total. The molecule has 0 atom stereocenters. The van der Waals surface area contributed by atoms with E-state index in [0.29, 0.717) is 43.6 Å². The quantitative estimate of drug-likeness (QED) is 0.730. The van der Waals surface area contributed by atoms with Gasteiger partial charge in [-0.25, -0.2) is 0 Å². The molecule has 0 bridgehead atoms. The van der Waals surface area contributed by atoms with E-state index in [2.05, 4.69) is 12.2 Å². The van der Waals surface area contributed by atoms with E-state index in [1.165, 1.54) is 0 Å². The van der Waals surface area contributed by atoms with Crippen molar-refractivity contribution in [3.05, 3.63) is 59.7 Å². The highest BCUT2D eigenvalue weighted by molar-refractivity contribution is 7.99. The van der Waals surface area contributed by atoms with Crippen LogP contribution in [-0.4, -0.2) is 46.8 Å². The molecule has 0 unspecified atom stereocenters. The van der Waals surface area contributed by atoms with Gasteiger partial charge >= 0.3 is 0 Å². The minimum absolute atomic E-state index is 0.0780. The van der Waals surface area contributed by atoms with E-state index >= 15 is 0 Å². The molecule has 1 aliphatic rings. The Kier molecular flexibility index (Phi) is 7.12.